The van der Waals surface area contributed by atoms with Gasteiger partial charge in [-0.1, -0.05) is 17.7 Å². The number of non-ortho nitro benzene ring substituents is 1. The lowest BCUT2D eigenvalue weighted by atomic mass is 10.2. The Labute approximate surface area is 194 Å². The summed E-state index contributed by atoms with van der Waals surface area (Å²) in [5, 5.41) is 15.8. The van der Waals surface area contributed by atoms with E-state index in [0.717, 1.165) is 24.3 Å². The van der Waals surface area contributed by atoms with E-state index in [1.807, 2.05) is 0 Å². The van der Waals surface area contributed by atoms with Crippen LogP contribution in [-0.4, -0.2) is 28.4 Å². The molecule has 0 saturated heterocycles. The molecular formula is C21H14ClF3N4O5. The summed E-state index contributed by atoms with van der Waals surface area (Å²) in [5.41, 5.74) is -1.36. The van der Waals surface area contributed by atoms with Crippen molar-refractivity contribution in [1.29, 1.82) is 0 Å². The normalized spacial score (nSPS) is 10.9. The van der Waals surface area contributed by atoms with Crippen LogP contribution < -0.4 is 10.6 Å². The third-order valence-corrected chi connectivity index (χ3v) is 4.58. The van der Waals surface area contributed by atoms with Gasteiger partial charge in [-0.3, -0.25) is 14.9 Å². The van der Waals surface area contributed by atoms with Crippen LogP contribution in [0.1, 0.15) is 15.9 Å². The second-order valence-corrected chi connectivity index (χ2v) is 7.06. The van der Waals surface area contributed by atoms with Crippen LogP contribution in [0.4, 0.5) is 36.1 Å². The van der Waals surface area contributed by atoms with Gasteiger partial charge in [0.1, 0.15) is 11.4 Å². The van der Waals surface area contributed by atoms with Gasteiger partial charge in [-0.2, -0.15) is 13.2 Å². The van der Waals surface area contributed by atoms with Gasteiger partial charge >= 0.3 is 12.1 Å². The van der Waals surface area contributed by atoms with Crippen LogP contribution >= 0.6 is 11.6 Å². The van der Waals surface area contributed by atoms with Gasteiger partial charge in [0.25, 0.3) is 11.6 Å². The van der Waals surface area contributed by atoms with Gasteiger partial charge < -0.3 is 15.4 Å². The number of benzene rings is 2. The van der Waals surface area contributed by atoms with Crippen molar-refractivity contribution in [3.63, 3.8) is 0 Å². The molecule has 13 heteroatoms. The first-order valence-corrected chi connectivity index (χ1v) is 9.72. The zero-order valence-corrected chi connectivity index (χ0v) is 17.7. The molecule has 0 unspecified atom stereocenters. The number of carbonyl (C=O) groups excluding carboxylic acids is 2. The molecule has 0 atom stereocenters. The first kappa shape index (κ1) is 24.5. The fourth-order valence-corrected chi connectivity index (χ4v) is 2.86. The Morgan fingerprint density at radius 1 is 1.12 bits per heavy atom. The summed E-state index contributed by atoms with van der Waals surface area (Å²) in [4.78, 5) is 38.7. The molecule has 0 saturated carbocycles. The minimum Gasteiger partial charge on any atom is -0.452 e. The lowest BCUT2D eigenvalue weighted by molar-refractivity contribution is -0.384. The summed E-state index contributed by atoms with van der Waals surface area (Å²) < 4.78 is 43.8. The summed E-state index contributed by atoms with van der Waals surface area (Å²) in [7, 11) is 0. The lowest BCUT2D eigenvalue weighted by Crippen LogP contribution is -2.21. The molecule has 0 bridgehead atoms. The first-order chi connectivity index (χ1) is 16.0. The third-order valence-electron chi connectivity index (χ3n) is 4.25. The van der Waals surface area contributed by atoms with Crippen LogP contribution in [0.5, 0.6) is 0 Å². The van der Waals surface area contributed by atoms with Crippen LogP contribution in [0.3, 0.4) is 0 Å². The molecule has 3 rings (SSSR count). The molecular weight excluding hydrogens is 481 g/mol. The monoisotopic (exact) mass is 494 g/mol. The molecule has 176 valence electrons. The van der Waals surface area contributed by atoms with E-state index in [0.29, 0.717) is 0 Å². The van der Waals surface area contributed by atoms with E-state index >= 15 is 0 Å². The Hall–Kier alpha value is -4.19. The number of carbonyl (C=O) groups is 2. The molecule has 34 heavy (non-hydrogen) atoms. The Kier molecular flexibility index (Phi) is 7.31. The first-order valence-electron chi connectivity index (χ1n) is 9.35. The van der Waals surface area contributed by atoms with Crippen molar-refractivity contribution in [2.45, 2.75) is 6.18 Å². The maximum atomic E-state index is 12.9. The summed E-state index contributed by atoms with van der Waals surface area (Å²) in [6.45, 7) is -0.768. The number of anilines is 3. The number of hydrogen-bond donors (Lipinski definition) is 2. The van der Waals surface area contributed by atoms with Crippen molar-refractivity contribution >= 4 is 46.4 Å². The maximum absolute atomic E-state index is 12.9. The molecule has 0 aliphatic rings. The van der Waals surface area contributed by atoms with Crippen LogP contribution in [-0.2, 0) is 15.7 Å². The lowest BCUT2D eigenvalue weighted by Gasteiger charge is -2.13. The van der Waals surface area contributed by atoms with Crippen molar-refractivity contribution in [2.75, 3.05) is 17.2 Å². The fourth-order valence-electron chi connectivity index (χ4n) is 2.70. The average Bonchev–Trinajstić information content (AvgIpc) is 2.79. The van der Waals surface area contributed by atoms with Crippen LogP contribution in [0, 0.1) is 10.1 Å². The minimum absolute atomic E-state index is 0.0284. The number of alkyl halides is 3. The predicted octanol–water partition coefficient (Wildman–Crippen LogP) is 5.20. The number of amides is 1. The number of rotatable bonds is 7. The van der Waals surface area contributed by atoms with Gasteiger partial charge in [0.05, 0.1) is 21.2 Å². The fraction of sp³-hybridized carbons (Fsp3) is 0.0952. The highest BCUT2D eigenvalue weighted by Crippen LogP contribution is 2.31. The maximum Gasteiger partial charge on any atom is 0.416 e. The van der Waals surface area contributed by atoms with Crippen molar-refractivity contribution in [1.82, 2.24) is 4.98 Å². The van der Waals surface area contributed by atoms with E-state index in [4.69, 9.17) is 16.3 Å². The molecule has 1 heterocycles. The minimum atomic E-state index is -4.56. The molecule has 0 fully saturated rings. The van der Waals surface area contributed by atoms with E-state index in [9.17, 15) is 32.9 Å². The van der Waals surface area contributed by atoms with Crippen molar-refractivity contribution in [2.24, 2.45) is 0 Å². The number of nitro groups is 1. The van der Waals surface area contributed by atoms with Crippen molar-refractivity contribution in [3.8, 4) is 0 Å². The Balaban J connectivity index is 1.68. The quantitative estimate of drug-likeness (QED) is 0.263. The molecule has 0 aliphatic carbocycles. The highest BCUT2D eigenvalue weighted by Gasteiger charge is 2.30. The second kappa shape index (κ2) is 10.2. The molecule has 1 aromatic heterocycles. The number of ether oxygens (including phenoxy) is 1. The Morgan fingerprint density at radius 3 is 2.59 bits per heavy atom. The summed E-state index contributed by atoms with van der Waals surface area (Å²) in [5.74, 6) is -1.90. The molecule has 9 nitrogen and oxygen atoms in total. The molecule has 2 N–H and O–H groups in total. The van der Waals surface area contributed by atoms with Crippen molar-refractivity contribution in [3.05, 3.63) is 87.1 Å². The topological polar surface area (TPSA) is 123 Å². The number of pyridine rings is 1. The average molecular weight is 495 g/mol. The van der Waals surface area contributed by atoms with Crippen LogP contribution in [0.25, 0.3) is 0 Å². The molecule has 0 radical (unpaired) electrons. The summed E-state index contributed by atoms with van der Waals surface area (Å²) in [6.07, 6.45) is -3.25. The third kappa shape index (κ3) is 6.19. The number of nitro benzene ring substituents is 1. The van der Waals surface area contributed by atoms with Gasteiger partial charge in [0.15, 0.2) is 6.61 Å². The van der Waals surface area contributed by atoms with Gasteiger partial charge in [-0.15, -0.1) is 0 Å². The van der Waals surface area contributed by atoms with E-state index in [1.165, 1.54) is 36.5 Å². The van der Waals surface area contributed by atoms with E-state index in [2.05, 4.69) is 15.6 Å². The molecule has 3 aromatic rings. The number of halogens is 4. The number of esters is 1. The standard InChI is InChI=1S/C21H14ClF3N4O5/c22-16-7-6-14(29(32)33)10-17(16)28-18(30)11-34-20(31)15-5-2-8-26-19(15)27-13-4-1-3-12(9-13)21(23,24)25/h1-10H,11H2,(H,26,27)(H,28,30). The summed E-state index contributed by atoms with van der Waals surface area (Å²) >= 11 is 5.91. The largest absolute Gasteiger partial charge is 0.452 e. The van der Waals surface area contributed by atoms with E-state index < -0.39 is 35.1 Å². The summed E-state index contributed by atoms with van der Waals surface area (Å²) in [6, 6.07) is 10.4. The molecule has 2 aromatic carbocycles. The smallest absolute Gasteiger partial charge is 0.416 e. The van der Waals surface area contributed by atoms with Gasteiger partial charge in [-0.05, 0) is 36.4 Å². The number of nitrogens with zero attached hydrogens (tertiary/aromatic N) is 2. The molecule has 1 amide bonds. The van der Waals surface area contributed by atoms with Crippen LogP contribution in [0.2, 0.25) is 5.02 Å². The number of aromatic nitrogens is 1. The highest BCUT2D eigenvalue weighted by atomic mass is 35.5. The number of nitrogens with one attached hydrogen (secondary N) is 2. The zero-order valence-electron chi connectivity index (χ0n) is 16.9. The van der Waals surface area contributed by atoms with Crippen LogP contribution in [0.15, 0.2) is 60.8 Å². The van der Waals surface area contributed by atoms with Crippen molar-refractivity contribution < 1.29 is 32.4 Å². The Bertz CT molecular complexity index is 1250. The van der Waals surface area contributed by atoms with Gasteiger partial charge in [-0.25, -0.2) is 9.78 Å². The second-order valence-electron chi connectivity index (χ2n) is 6.65. The Morgan fingerprint density at radius 2 is 1.88 bits per heavy atom. The van der Waals surface area contributed by atoms with Gasteiger partial charge in [0.2, 0.25) is 0 Å². The highest BCUT2D eigenvalue weighted by molar-refractivity contribution is 6.33. The van der Waals surface area contributed by atoms with Gasteiger partial charge in [0, 0.05) is 24.0 Å². The predicted molar refractivity (Wildman–Crippen MR) is 116 cm³/mol. The zero-order chi connectivity index (χ0) is 24.9. The molecule has 0 aliphatic heterocycles. The van der Waals surface area contributed by atoms with E-state index in [-0.39, 0.29) is 33.5 Å². The van der Waals surface area contributed by atoms with E-state index in [1.54, 1.807) is 0 Å². The number of hydrogen-bond acceptors (Lipinski definition) is 7. The SMILES string of the molecule is O=C(COC(=O)c1cccnc1Nc1cccc(C(F)(F)F)c1)Nc1cc([N+](=O)[O-])ccc1Cl. The molecule has 0 spiro atoms.